The van der Waals surface area contributed by atoms with Gasteiger partial charge in [0.15, 0.2) is 0 Å². The maximum Gasteiger partial charge on any atom is 0.321 e. The number of rotatable bonds is 4. The van der Waals surface area contributed by atoms with Crippen LogP contribution in [-0.4, -0.2) is 24.2 Å². The van der Waals surface area contributed by atoms with E-state index in [0.717, 1.165) is 5.56 Å². The minimum Gasteiger partial charge on any atom is -0.480 e. The number of aliphatic carboxylic acids is 1. The Morgan fingerprint density at radius 3 is 2.25 bits per heavy atom. The molecular formula is C12H16ClNO2. The van der Waals surface area contributed by atoms with E-state index in [9.17, 15) is 4.79 Å². The van der Waals surface area contributed by atoms with Crippen molar-refractivity contribution in [3.05, 3.63) is 34.9 Å². The van der Waals surface area contributed by atoms with Gasteiger partial charge in [-0.15, -0.1) is 0 Å². The fourth-order valence-corrected chi connectivity index (χ4v) is 1.97. The Kier molecular flexibility index (Phi) is 3.94. The quantitative estimate of drug-likeness (QED) is 0.851. The SMILES string of the molecule is CN[C@H](C(=O)O)C(C)(C)c1ccc(Cl)cc1. The molecule has 4 heteroatoms. The molecule has 88 valence electrons. The van der Waals surface area contributed by atoms with Gasteiger partial charge in [-0.1, -0.05) is 37.6 Å². The van der Waals surface area contributed by atoms with Crippen molar-refractivity contribution in [2.45, 2.75) is 25.3 Å². The summed E-state index contributed by atoms with van der Waals surface area (Å²) >= 11 is 5.81. The summed E-state index contributed by atoms with van der Waals surface area (Å²) in [5.41, 5.74) is 0.448. The fraction of sp³-hybridized carbons (Fsp3) is 0.417. The van der Waals surface area contributed by atoms with Crippen LogP contribution in [0.4, 0.5) is 0 Å². The van der Waals surface area contributed by atoms with Crippen molar-refractivity contribution in [2.24, 2.45) is 0 Å². The molecule has 1 aromatic carbocycles. The van der Waals surface area contributed by atoms with E-state index in [1.807, 2.05) is 26.0 Å². The highest BCUT2D eigenvalue weighted by molar-refractivity contribution is 6.30. The molecule has 0 aromatic heterocycles. The van der Waals surface area contributed by atoms with Gasteiger partial charge in [0, 0.05) is 10.4 Å². The average Bonchev–Trinajstić information content (AvgIpc) is 2.18. The zero-order valence-corrected chi connectivity index (χ0v) is 10.4. The number of likely N-dealkylation sites (N-methyl/N-ethyl adjacent to an activating group) is 1. The highest BCUT2D eigenvalue weighted by Gasteiger charge is 2.35. The van der Waals surface area contributed by atoms with Crippen molar-refractivity contribution in [3.8, 4) is 0 Å². The van der Waals surface area contributed by atoms with Gasteiger partial charge in [0.1, 0.15) is 6.04 Å². The minimum atomic E-state index is -0.859. The molecule has 1 atom stereocenters. The van der Waals surface area contributed by atoms with Crippen molar-refractivity contribution in [3.63, 3.8) is 0 Å². The lowest BCUT2D eigenvalue weighted by Crippen LogP contribution is -2.48. The number of benzene rings is 1. The first-order chi connectivity index (χ1) is 7.39. The van der Waals surface area contributed by atoms with Gasteiger partial charge in [-0.3, -0.25) is 4.79 Å². The van der Waals surface area contributed by atoms with Crippen LogP contribution >= 0.6 is 11.6 Å². The van der Waals surface area contributed by atoms with Gasteiger partial charge < -0.3 is 10.4 Å². The Labute approximate surface area is 100 Å². The van der Waals surface area contributed by atoms with Crippen LogP contribution in [0, 0.1) is 0 Å². The maximum atomic E-state index is 11.1. The second-order valence-electron chi connectivity index (χ2n) is 4.29. The van der Waals surface area contributed by atoms with E-state index in [2.05, 4.69) is 5.32 Å². The van der Waals surface area contributed by atoms with E-state index in [0.29, 0.717) is 5.02 Å². The summed E-state index contributed by atoms with van der Waals surface area (Å²) in [4.78, 5) is 11.1. The summed E-state index contributed by atoms with van der Waals surface area (Å²) < 4.78 is 0. The van der Waals surface area contributed by atoms with Crippen molar-refractivity contribution >= 4 is 17.6 Å². The van der Waals surface area contributed by atoms with E-state index in [4.69, 9.17) is 16.7 Å². The molecule has 0 spiro atoms. The first-order valence-electron chi connectivity index (χ1n) is 5.05. The second-order valence-corrected chi connectivity index (χ2v) is 4.72. The van der Waals surface area contributed by atoms with Crippen LogP contribution in [0.5, 0.6) is 0 Å². The van der Waals surface area contributed by atoms with Crippen LogP contribution in [-0.2, 0) is 10.2 Å². The van der Waals surface area contributed by atoms with E-state index < -0.39 is 17.4 Å². The normalized spacial score (nSPS) is 13.5. The van der Waals surface area contributed by atoms with Gasteiger partial charge >= 0.3 is 5.97 Å². The molecule has 2 N–H and O–H groups in total. The number of nitrogens with one attached hydrogen (secondary N) is 1. The van der Waals surface area contributed by atoms with Crippen molar-refractivity contribution in [1.29, 1.82) is 0 Å². The van der Waals surface area contributed by atoms with Crippen LogP contribution in [0.2, 0.25) is 5.02 Å². The van der Waals surface area contributed by atoms with Crippen LogP contribution in [0.3, 0.4) is 0 Å². The third-order valence-corrected chi connectivity index (χ3v) is 3.10. The zero-order valence-electron chi connectivity index (χ0n) is 9.62. The standard InChI is InChI=1S/C12H16ClNO2/c1-12(2,10(14-3)11(15)16)8-4-6-9(13)7-5-8/h4-7,10,14H,1-3H3,(H,15,16)/t10-/m1/s1. The Morgan fingerprint density at radius 2 is 1.88 bits per heavy atom. The van der Waals surface area contributed by atoms with E-state index >= 15 is 0 Å². The lowest BCUT2D eigenvalue weighted by molar-refractivity contribution is -0.141. The lowest BCUT2D eigenvalue weighted by Gasteiger charge is -2.31. The van der Waals surface area contributed by atoms with E-state index in [-0.39, 0.29) is 0 Å². The monoisotopic (exact) mass is 241 g/mol. The van der Waals surface area contributed by atoms with Crippen molar-refractivity contribution in [1.82, 2.24) is 5.32 Å². The molecule has 0 aliphatic heterocycles. The minimum absolute atomic E-state index is 0.495. The van der Waals surface area contributed by atoms with Crippen LogP contribution in [0.25, 0.3) is 0 Å². The molecule has 3 nitrogen and oxygen atoms in total. The summed E-state index contributed by atoms with van der Waals surface area (Å²) in [5.74, 6) is -0.859. The average molecular weight is 242 g/mol. The first-order valence-corrected chi connectivity index (χ1v) is 5.43. The molecule has 0 saturated carbocycles. The summed E-state index contributed by atoms with van der Waals surface area (Å²) in [7, 11) is 1.65. The molecule has 0 aliphatic carbocycles. The molecule has 0 fully saturated rings. The van der Waals surface area contributed by atoms with E-state index in [1.54, 1.807) is 19.2 Å². The molecule has 1 rings (SSSR count). The Morgan fingerprint density at radius 1 is 1.38 bits per heavy atom. The summed E-state index contributed by atoms with van der Waals surface area (Å²) in [6.45, 7) is 3.79. The van der Waals surface area contributed by atoms with Gasteiger partial charge in [0.05, 0.1) is 0 Å². The Balaban J connectivity index is 3.08. The number of halogens is 1. The van der Waals surface area contributed by atoms with Gasteiger partial charge in [-0.25, -0.2) is 0 Å². The van der Waals surface area contributed by atoms with Crippen molar-refractivity contribution in [2.75, 3.05) is 7.05 Å². The molecule has 0 amide bonds. The highest BCUT2D eigenvalue weighted by atomic mass is 35.5. The molecule has 0 radical (unpaired) electrons. The number of hydrogen-bond donors (Lipinski definition) is 2. The Hall–Kier alpha value is -1.06. The summed E-state index contributed by atoms with van der Waals surface area (Å²) in [6.07, 6.45) is 0. The van der Waals surface area contributed by atoms with Crippen molar-refractivity contribution < 1.29 is 9.90 Å². The third kappa shape index (κ3) is 2.54. The van der Waals surface area contributed by atoms with Crippen LogP contribution in [0.1, 0.15) is 19.4 Å². The topological polar surface area (TPSA) is 49.3 Å². The molecule has 1 aromatic rings. The van der Waals surface area contributed by atoms with Gasteiger partial charge in [0.2, 0.25) is 0 Å². The molecule has 0 unspecified atom stereocenters. The number of carboxylic acids is 1. The number of carbonyl (C=O) groups is 1. The van der Waals surface area contributed by atoms with Gasteiger partial charge in [-0.05, 0) is 24.7 Å². The third-order valence-electron chi connectivity index (χ3n) is 2.85. The van der Waals surface area contributed by atoms with Crippen LogP contribution in [0.15, 0.2) is 24.3 Å². The first kappa shape index (κ1) is 13.0. The smallest absolute Gasteiger partial charge is 0.321 e. The molecular weight excluding hydrogens is 226 g/mol. The molecule has 0 saturated heterocycles. The summed E-state index contributed by atoms with van der Waals surface area (Å²) in [5, 5.41) is 12.6. The van der Waals surface area contributed by atoms with Gasteiger partial charge in [0.25, 0.3) is 0 Å². The molecule has 0 bridgehead atoms. The second kappa shape index (κ2) is 4.85. The molecule has 0 heterocycles. The number of carboxylic acid groups (broad SMARTS) is 1. The Bertz CT molecular complexity index is 373. The van der Waals surface area contributed by atoms with Crippen LogP contribution < -0.4 is 5.32 Å². The zero-order chi connectivity index (χ0) is 12.3. The fourth-order valence-electron chi connectivity index (χ4n) is 1.84. The highest BCUT2D eigenvalue weighted by Crippen LogP contribution is 2.28. The van der Waals surface area contributed by atoms with Gasteiger partial charge in [-0.2, -0.15) is 0 Å². The predicted molar refractivity (Wildman–Crippen MR) is 65.0 cm³/mol. The largest absolute Gasteiger partial charge is 0.480 e. The predicted octanol–water partition coefficient (Wildman–Crippen LogP) is 2.29. The number of hydrogen-bond acceptors (Lipinski definition) is 2. The lowest BCUT2D eigenvalue weighted by atomic mass is 9.78. The molecule has 16 heavy (non-hydrogen) atoms. The molecule has 0 aliphatic rings. The van der Waals surface area contributed by atoms with E-state index in [1.165, 1.54) is 0 Å². The maximum absolute atomic E-state index is 11.1. The summed E-state index contributed by atoms with van der Waals surface area (Å²) in [6, 6.07) is 6.62.